The molecule has 2 rings (SSSR count). The average Bonchev–Trinajstić information content (AvgIpc) is 3.28. The van der Waals surface area contributed by atoms with Gasteiger partial charge in [-0.15, -0.1) is 0 Å². The minimum Gasteiger partial charge on any atom is -0.497 e. The van der Waals surface area contributed by atoms with Gasteiger partial charge in [0.05, 0.1) is 32.9 Å². The quantitative estimate of drug-likeness (QED) is 0.298. The molecule has 1 aromatic rings. The lowest BCUT2D eigenvalue weighted by Gasteiger charge is -2.27. The lowest BCUT2D eigenvalue weighted by Crippen LogP contribution is -2.39. The highest BCUT2D eigenvalue weighted by molar-refractivity contribution is 5.79. The summed E-state index contributed by atoms with van der Waals surface area (Å²) in [5, 5.41) is 6.77. The summed E-state index contributed by atoms with van der Waals surface area (Å²) in [7, 11) is 3.39. The molecule has 2 N–H and O–H groups in total. The van der Waals surface area contributed by atoms with Crippen molar-refractivity contribution in [3.8, 4) is 5.75 Å². The number of aliphatic imine (C=N–C) groups is 1. The highest BCUT2D eigenvalue weighted by Crippen LogP contribution is 2.27. The number of likely N-dealkylation sites (tertiary alicyclic amines) is 1. The molecular weight excluding hydrogens is 368 g/mol. The van der Waals surface area contributed by atoms with Gasteiger partial charge in [0.25, 0.3) is 0 Å². The van der Waals surface area contributed by atoms with Crippen molar-refractivity contribution < 1.29 is 14.2 Å². The van der Waals surface area contributed by atoms with Gasteiger partial charge in [0.2, 0.25) is 0 Å². The van der Waals surface area contributed by atoms with Crippen LogP contribution in [0, 0.1) is 0 Å². The van der Waals surface area contributed by atoms with E-state index in [1.165, 1.54) is 18.4 Å². The summed E-state index contributed by atoms with van der Waals surface area (Å²) in [4.78, 5) is 7.43. The maximum atomic E-state index is 5.52. The molecule has 0 aliphatic carbocycles. The van der Waals surface area contributed by atoms with E-state index >= 15 is 0 Å². The third-order valence-corrected chi connectivity index (χ3v) is 5.04. The van der Waals surface area contributed by atoms with Gasteiger partial charge in [-0.1, -0.05) is 12.1 Å². The first kappa shape index (κ1) is 23.4. The minimum absolute atomic E-state index is 0.288. The lowest BCUT2D eigenvalue weighted by atomic mass is 10.1. The highest BCUT2D eigenvalue weighted by atomic mass is 16.5. The molecule has 0 saturated carbocycles. The highest BCUT2D eigenvalue weighted by Gasteiger charge is 2.23. The van der Waals surface area contributed by atoms with Crippen molar-refractivity contribution in [1.82, 2.24) is 15.5 Å². The molecule has 0 aromatic heterocycles. The third-order valence-electron chi connectivity index (χ3n) is 5.04. The van der Waals surface area contributed by atoms with Gasteiger partial charge in [-0.05, 0) is 57.0 Å². The van der Waals surface area contributed by atoms with Crippen LogP contribution in [0.15, 0.2) is 29.3 Å². The summed E-state index contributed by atoms with van der Waals surface area (Å²) in [6.45, 7) is 8.76. The molecule has 0 bridgehead atoms. The number of methoxy groups -OCH3 is 2. The molecule has 1 aliphatic rings. The Balaban J connectivity index is 1.92. The lowest BCUT2D eigenvalue weighted by molar-refractivity contribution is 0.0698. The predicted molar refractivity (Wildman–Crippen MR) is 118 cm³/mol. The molecule has 0 radical (unpaired) electrons. The SMILES string of the molecule is CCNC(=NCC(c1ccc(OC)cc1)N1CCCC1)NCCCOCCOC. The number of nitrogens with zero attached hydrogens (tertiary/aromatic N) is 2. The Morgan fingerprint density at radius 2 is 1.83 bits per heavy atom. The average molecular weight is 407 g/mol. The Morgan fingerprint density at radius 1 is 1.07 bits per heavy atom. The Labute approximate surface area is 175 Å². The second-order valence-corrected chi connectivity index (χ2v) is 7.14. The van der Waals surface area contributed by atoms with Crippen LogP contribution in [0.5, 0.6) is 5.75 Å². The number of benzene rings is 1. The fraction of sp³-hybridized carbons (Fsp3) is 0.682. The molecule has 1 unspecified atom stereocenters. The van der Waals surface area contributed by atoms with Crippen molar-refractivity contribution in [2.75, 3.05) is 66.8 Å². The fourth-order valence-corrected chi connectivity index (χ4v) is 3.46. The van der Waals surface area contributed by atoms with Crippen molar-refractivity contribution in [3.05, 3.63) is 29.8 Å². The number of ether oxygens (including phenoxy) is 3. The summed E-state index contributed by atoms with van der Waals surface area (Å²) in [5.74, 6) is 1.75. The second-order valence-electron chi connectivity index (χ2n) is 7.14. The summed E-state index contributed by atoms with van der Waals surface area (Å²) < 4.78 is 15.8. The molecule has 7 heteroatoms. The van der Waals surface area contributed by atoms with E-state index in [2.05, 4.69) is 34.6 Å². The van der Waals surface area contributed by atoms with Gasteiger partial charge in [0.15, 0.2) is 5.96 Å². The number of nitrogens with one attached hydrogen (secondary N) is 2. The zero-order chi connectivity index (χ0) is 20.7. The van der Waals surface area contributed by atoms with Crippen molar-refractivity contribution in [1.29, 1.82) is 0 Å². The zero-order valence-corrected chi connectivity index (χ0v) is 18.3. The third kappa shape index (κ3) is 8.60. The van der Waals surface area contributed by atoms with Crippen LogP contribution in [-0.2, 0) is 9.47 Å². The molecule has 164 valence electrons. The molecule has 1 fully saturated rings. The van der Waals surface area contributed by atoms with Gasteiger partial charge < -0.3 is 24.8 Å². The Bertz CT molecular complexity index is 574. The van der Waals surface area contributed by atoms with Gasteiger partial charge in [-0.2, -0.15) is 0 Å². The van der Waals surface area contributed by atoms with Crippen molar-refractivity contribution in [2.24, 2.45) is 4.99 Å². The summed E-state index contributed by atoms with van der Waals surface area (Å²) in [5.41, 5.74) is 1.29. The molecule has 7 nitrogen and oxygen atoms in total. The minimum atomic E-state index is 0.288. The molecule has 1 atom stereocenters. The Kier molecular flexibility index (Phi) is 11.5. The first-order valence-electron chi connectivity index (χ1n) is 10.7. The predicted octanol–water partition coefficient (Wildman–Crippen LogP) is 2.44. The number of rotatable bonds is 13. The van der Waals surface area contributed by atoms with Gasteiger partial charge in [0.1, 0.15) is 5.75 Å². The normalized spacial score (nSPS) is 16.0. The molecule has 1 aromatic carbocycles. The van der Waals surface area contributed by atoms with E-state index in [1.54, 1.807) is 14.2 Å². The maximum Gasteiger partial charge on any atom is 0.191 e. The van der Waals surface area contributed by atoms with Crippen LogP contribution < -0.4 is 15.4 Å². The van der Waals surface area contributed by atoms with Crippen LogP contribution in [0.2, 0.25) is 0 Å². The second kappa shape index (κ2) is 14.2. The van der Waals surface area contributed by atoms with Crippen LogP contribution in [0.3, 0.4) is 0 Å². The molecule has 0 amide bonds. The summed E-state index contributed by atoms with van der Waals surface area (Å²) >= 11 is 0. The van der Waals surface area contributed by atoms with E-state index in [4.69, 9.17) is 19.2 Å². The Morgan fingerprint density at radius 3 is 2.48 bits per heavy atom. The molecular formula is C22H38N4O3. The maximum absolute atomic E-state index is 5.52. The van der Waals surface area contributed by atoms with Crippen LogP contribution in [0.4, 0.5) is 0 Å². The summed E-state index contributed by atoms with van der Waals surface area (Å²) in [6, 6.07) is 8.69. The van der Waals surface area contributed by atoms with E-state index in [1.807, 2.05) is 12.1 Å². The fourth-order valence-electron chi connectivity index (χ4n) is 3.46. The van der Waals surface area contributed by atoms with E-state index in [-0.39, 0.29) is 6.04 Å². The van der Waals surface area contributed by atoms with E-state index < -0.39 is 0 Å². The van der Waals surface area contributed by atoms with Gasteiger partial charge >= 0.3 is 0 Å². The van der Waals surface area contributed by atoms with Crippen LogP contribution in [-0.4, -0.2) is 77.6 Å². The van der Waals surface area contributed by atoms with Crippen LogP contribution >= 0.6 is 0 Å². The zero-order valence-electron chi connectivity index (χ0n) is 18.3. The largest absolute Gasteiger partial charge is 0.497 e. The molecule has 0 spiro atoms. The van der Waals surface area contributed by atoms with E-state index in [0.29, 0.717) is 13.2 Å². The molecule has 1 heterocycles. The monoisotopic (exact) mass is 406 g/mol. The van der Waals surface area contributed by atoms with Crippen molar-refractivity contribution in [3.63, 3.8) is 0 Å². The van der Waals surface area contributed by atoms with E-state index in [0.717, 1.165) is 57.5 Å². The van der Waals surface area contributed by atoms with Crippen LogP contribution in [0.25, 0.3) is 0 Å². The Hall–Kier alpha value is -1.83. The summed E-state index contributed by atoms with van der Waals surface area (Å²) in [6.07, 6.45) is 3.46. The molecule has 1 saturated heterocycles. The molecule has 1 aliphatic heterocycles. The number of hydrogen-bond donors (Lipinski definition) is 2. The number of guanidine groups is 1. The van der Waals surface area contributed by atoms with E-state index in [9.17, 15) is 0 Å². The van der Waals surface area contributed by atoms with Gasteiger partial charge in [-0.25, -0.2) is 0 Å². The molecule has 29 heavy (non-hydrogen) atoms. The van der Waals surface area contributed by atoms with Gasteiger partial charge in [0, 0.05) is 26.8 Å². The number of hydrogen-bond acceptors (Lipinski definition) is 5. The van der Waals surface area contributed by atoms with Gasteiger partial charge in [-0.3, -0.25) is 9.89 Å². The van der Waals surface area contributed by atoms with Crippen molar-refractivity contribution in [2.45, 2.75) is 32.2 Å². The first-order valence-corrected chi connectivity index (χ1v) is 10.7. The van der Waals surface area contributed by atoms with Crippen LogP contribution in [0.1, 0.15) is 37.8 Å². The topological polar surface area (TPSA) is 67.4 Å². The standard InChI is InChI=1S/C22H38N4O3/c1-4-23-22(24-12-7-15-29-17-16-27-2)25-18-21(26-13-5-6-14-26)19-8-10-20(28-3)11-9-19/h8-11,21H,4-7,12-18H2,1-3H3,(H2,23,24,25). The smallest absolute Gasteiger partial charge is 0.191 e. The van der Waals surface area contributed by atoms with Crippen molar-refractivity contribution >= 4 is 5.96 Å². The first-order chi connectivity index (χ1) is 14.3.